The molecule has 0 aromatic carbocycles. The van der Waals surface area contributed by atoms with Crippen molar-refractivity contribution >= 4 is 0 Å². The molecule has 1 N–H and O–H groups in total. The maximum atomic E-state index is 13.5. The van der Waals surface area contributed by atoms with E-state index < -0.39 is 73.0 Å². The zero-order chi connectivity index (χ0) is 48.0. The fourth-order valence-electron chi connectivity index (χ4n) is 1.08. The largest absolute Gasteiger partial charge is 0.505 e. The van der Waals surface area contributed by atoms with Gasteiger partial charge in [0.2, 0.25) is 0 Å². The summed E-state index contributed by atoms with van der Waals surface area (Å²) in [7, 11) is 2.49. The number of allylic oxidation sites excluding steroid dienone is 4. The Bertz CT molecular complexity index is 1070. The predicted molar refractivity (Wildman–Crippen MR) is 166 cm³/mol. The van der Waals surface area contributed by atoms with Crippen LogP contribution in [0.5, 0.6) is 0 Å². The standard InChI is InChI=1S/C9H5F13O3.C4H5F3O.2C3H3F3.C3H6O.C3H6.2C2H4.CH4/c1-3(10)5(12,13)25-6(14,8(18,19)20)9(21,22)24-4(11,2-23)7(15,16)17;1-3(8-2)4(5,6)7;2*1-2-3(4,5)6;1-3-4-2;1-3-2;2*1-2;/h23H,1-2H2;1H2,2H3;2*2H,1H2;3H,1H2,2H3;3H,1H2,2H3;2*1-2H2;1H4. The van der Waals surface area contributed by atoms with Crippen molar-refractivity contribution in [3.05, 3.63) is 102 Å². The minimum absolute atomic E-state index is 0. The molecule has 0 heterocycles. The summed E-state index contributed by atoms with van der Waals surface area (Å²) in [4.78, 5) is 0. The Morgan fingerprint density at radius 1 is 0.596 bits per heavy atom. The fourth-order valence-corrected chi connectivity index (χ4v) is 1.08. The van der Waals surface area contributed by atoms with Gasteiger partial charge in [-0.1, -0.05) is 46.4 Å². The van der Waals surface area contributed by atoms with Crippen LogP contribution >= 0.6 is 0 Å². The first-order chi connectivity index (χ1) is 24.6. The van der Waals surface area contributed by atoms with Crippen LogP contribution in [0.1, 0.15) is 14.4 Å². The van der Waals surface area contributed by atoms with Gasteiger partial charge in [-0.2, -0.15) is 92.2 Å². The van der Waals surface area contributed by atoms with Gasteiger partial charge in [-0.3, -0.25) is 9.47 Å². The summed E-state index contributed by atoms with van der Waals surface area (Å²) in [5.41, 5.74) is 0. The van der Waals surface area contributed by atoms with E-state index in [2.05, 4.69) is 68.7 Å². The lowest BCUT2D eigenvalue weighted by Crippen LogP contribution is -2.64. The van der Waals surface area contributed by atoms with E-state index in [1.165, 1.54) is 6.26 Å². The molecule has 5 nitrogen and oxygen atoms in total. The van der Waals surface area contributed by atoms with Gasteiger partial charge < -0.3 is 14.6 Å². The zero-order valence-electron chi connectivity index (χ0n) is 29.0. The summed E-state index contributed by atoms with van der Waals surface area (Å²) in [6.07, 6.45) is -37.1. The molecule has 0 aliphatic carbocycles. The number of aliphatic hydroxyl groups is 1. The van der Waals surface area contributed by atoms with Gasteiger partial charge >= 0.3 is 54.8 Å². The van der Waals surface area contributed by atoms with Gasteiger partial charge in [-0.05, 0) is 6.92 Å². The zero-order valence-corrected chi connectivity index (χ0v) is 29.0. The van der Waals surface area contributed by atoms with E-state index in [0.29, 0.717) is 0 Å². The third kappa shape index (κ3) is 37.2. The first-order valence-corrected chi connectivity index (χ1v) is 12.6. The number of halogens is 22. The van der Waals surface area contributed by atoms with Gasteiger partial charge in [0, 0.05) is 12.2 Å². The minimum atomic E-state index is -7.29. The van der Waals surface area contributed by atoms with E-state index in [0.717, 1.165) is 7.11 Å². The fraction of sp³-hybridized carbons (Fsp3) is 0.467. The van der Waals surface area contributed by atoms with E-state index in [1.54, 1.807) is 19.8 Å². The molecule has 0 aliphatic rings. The topological polar surface area (TPSA) is 57.2 Å². The van der Waals surface area contributed by atoms with Crippen LogP contribution in [0.3, 0.4) is 0 Å². The van der Waals surface area contributed by atoms with Gasteiger partial charge in [0.05, 0.1) is 20.5 Å². The molecule has 0 saturated carbocycles. The molecule has 27 heteroatoms. The van der Waals surface area contributed by atoms with Gasteiger partial charge in [0.25, 0.3) is 0 Å². The maximum absolute atomic E-state index is 13.5. The van der Waals surface area contributed by atoms with Crippen molar-refractivity contribution < 1.29 is 121 Å². The maximum Gasteiger partial charge on any atom is 0.458 e. The Labute approximate surface area is 313 Å². The highest BCUT2D eigenvalue weighted by Crippen LogP contribution is 2.53. The second-order valence-corrected chi connectivity index (χ2v) is 7.55. The highest BCUT2D eigenvalue weighted by Gasteiger charge is 2.80. The summed E-state index contributed by atoms with van der Waals surface area (Å²) in [5.74, 6) is -17.6. The predicted octanol–water partition coefficient (Wildman–Crippen LogP) is 13.5. The second kappa shape index (κ2) is 31.9. The van der Waals surface area contributed by atoms with Gasteiger partial charge in [0.15, 0.2) is 11.6 Å². The van der Waals surface area contributed by atoms with Crippen molar-refractivity contribution in [2.45, 2.75) is 69.2 Å². The molecule has 0 spiro atoms. The van der Waals surface area contributed by atoms with Crippen LogP contribution in [0.15, 0.2) is 102 Å². The summed E-state index contributed by atoms with van der Waals surface area (Å²) in [6.45, 7) is 26.6. The van der Waals surface area contributed by atoms with Gasteiger partial charge in [-0.25, -0.2) is 4.39 Å². The molecule has 57 heavy (non-hydrogen) atoms. The van der Waals surface area contributed by atoms with Crippen molar-refractivity contribution in [3.63, 3.8) is 0 Å². The quantitative estimate of drug-likeness (QED) is 0.142. The molecule has 0 saturated heterocycles. The van der Waals surface area contributed by atoms with Crippen LogP contribution in [-0.4, -0.2) is 80.7 Å². The number of hydrogen-bond acceptors (Lipinski definition) is 5. The van der Waals surface area contributed by atoms with E-state index in [-0.39, 0.29) is 19.6 Å². The molecule has 0 bridgehead atoms. The van der Waals surface area contributed by atoms with Gasteiger partial charge in [-0.15, -0.1) is 32.9 Å². The molecule has 2 unspecified atom stereocenters. The highest BCUT2D eigenvalue weighted by atomic mass is 19.4. The van der Waals surface area contributed by atoms with E-state index >= 15 is 0 Å². The molecule has 0 fully saturated rings. The molecule has 0 amide bonds. The molecular formula is C30H40F22O5. The van der Waals surface area contributed by atoms with E-state index in [9.17, 15) is 96.6 Å². The number of methoxy groups -OCH3 is 2. The number of alkyl halides is 21. The van der Waals surface area contributed by atoms with Crippen LogP contribution in [0.2, 0.25) is 0 Å². The molecule has 0 aromatic rings. The smallest absolute Gasteiger partial charge is 0.458 e. The Morgan fingerprint density at radius 2 is 0.860 bits per heavy atom. The third-order valence-corrected chi connectivity index (χ3v) is 3.43. The Morgan fingerprint density at radius 3 is 0.965 bits per heavy atom. The monoisotopic (exact) mass is 898 g/mol. The van der Waals surface area contributed by atoms with Crippen molar-refractivity contribution in [1.29, 1.82) is 0 Å². The second-order valence-electron chi connectivity index (χ2n) is 7.55. The minimum Gasteiger partial charge on any atom is -0.505 e. The molecule has 2 atom stereocenters. The van der Waals surface area contributed by atoms with Crippen molar-refractivity contribution in [2.75, 3.05) is 20.8 Å². The average molecular weight is 899 g/mol. The van der Waals surface area contributed by atoms with Gasteiger partial charge in [0.1, 0.15) is 6.61 Å². The Kier molecular flexibility index (Phi) is 41.3. The number of hydrogen-bond donors (Lipinski definition) is 1. The van der Waals surface area contributed by atoms with Crippen LogP contribution in [0.25, 0.3) is 0 Å². The average Bonchev–Trinajstić information content (AvgIpc) is 3.04. The Hall–Kier alpha value is -4.14. The molecule has 0 aromatic heterocycles. The number of aliphatic hydroxyl groups excluding tert-OH is 1. The molecule has 344 valence electrons. The number of ether oxygens (including phenoxy) is 4. The highest BCUT2D eigenvalue weighted by molar-refractivity contribution is 4.97. The Balaban J connectivity index is -0.0000000836. The van der Waals surface area contributed by atoms with Crippen LogP contribution in [0.4, 0.5) is 96.6 Å². The summed E-state index contributed by atoms with van der Waals surface area (Å²) in [5, 5.41) is 8.05. The van der Waals surface area contributed by atoms with E-state index in [1.807, 2.05) is 16.4 Å². The third-order valence-electron chi connectivity index (χ3n) is 3.43. The lowest BCUT2D eigenvalue weighted by atomic mass is 10.2. The summed E-state index contributed by atoms with van der Waals surface area (Å²) in [6, 6.07) is 0. The summed E-state index contributed by atoms with van der Waals surface area (Å²) < 4.78 is 274. The van der Waals surface area contributed by atoms with E-state index in [4.69, 9.17) is 5.11 Å². The normalized spacial score (nSPS) is 13.1. The lowest BCUT2D eigenvalue weighted by molar-refractivity contribution is -0.528. The molecular weight excluding hydrogens is 858 g/mol. The first-order valence-electron chi connectivity index (χ1n) is 12.6. The van der Waals surface area contributed by atoms with Crippen molar-refractivity contribution in [1.82, 2.24) is 0 Å². The van der Waals surface area contributed by atoms with Crippen molar-refractivity contribution in [3.8, 4) is 0 Å². The summed E-state index contributed by atoms with van der Waals surface area (Å²) >= 11 is 0. The van der Waals surface area contributed by atoms with Crippen LogP contribution < -0.4 is 0 Å². The van der Waals surface area contributed by atoms with Crippen LogP contribution in [0, 0.1) is 0 Å². The molecule has 0 aliphatic heterocycles. The number of rotatable bonds is 9. The SMILES string of the molecule is C.C=C.C=C.C=C(F)C(F)(F)OC(F)(C(F)(F)F)C(F)(F)OC(F)(CO)C(F)(F)F.C=C(OC)C(F)(F)F.C=CC.C=CC(F)(F)F.C=CC(F)(F)F.C=COC. The molecule has 0 rings (SSSR count). The van der Waals surface area contributed by atoms with Crippen LogP contribution in [-0.2, 0) is 18.9 Å². The first kappa shape index (κ1) is 73.9. The lowest BCUT2D eigenvalue weighted by Gasteiger charge is -2.38. The molecule has 0 radical (unpaired) electrons. The van der Waals surface area contributed by atoms with Crippen molar-refractivity contribution in [2.24, 2.45) is 0 Å².